The zero-order valence-corrected chi connectivity index (χ0v) is 18.7. The van der Waals surface area contributed by atoms with Crippen LogP contribution in [0.4, 0.5) is 0 Å². The number of rotatable bonds is 7. The zero-order chi connectivity index (χ0) is 22.6. The van der Waals surface area contributed by atoms with E-state index in [1.165, 1.54) is 0 Å². The Morgan fingerprint density at radius 1 is 1.00 bits per heavy atom. The Kier molecular flexibility index (Phi) is 15.1. The van der Waals surface area contributed by atoms with Crippen molar-refractivity contribution in [1.29, 1.82) is 0 Å². The minimum atomic E-state index is -1.05. The standard InChI is InChI=1S/C16H20O6.C6H15N.Li.H/c1-16(2,3)22-14(18)12(17)13(15(19)20-4)21-10-11-8-6-5-7-9-11;1-5(2)7-6(3)4;;/h5-9,17H,10H2,1-4H3;5-7H,1-4H3;;/b13-12+;;;. The van der Waals surface area contributed by atoms with Crippen molar-refractivity contribution >= 4 is 30.8 Å². The molecule has 1 aromatic rings. The second kappa shape index (κ2) is 14.9. The third-order valence-electron chi connectivity index (χ3n) is 3.07. The number of hydrogen-bond acceptors (Lipinski definition) is 7. The van der Waals surface area contributed by atoms with Crippen molar-refractivity contribution in [3.63, 3.8) is 0 Å². The van der Waals surface area contributed by atoms with Crippen LogP contribution >= 0.6 is 0 Å². The molecule has 166 valence electrons. The number of aliphatic hydroxyl groups excluding tert-OH is 1. The molecule has 0 saturated carbocycles. The first-order chi connectivity index (χ1) is 13.4. The summed E-state index contributed by atoms with van der Waals surface area (Å²) in [5, 5.41) is 13.2. The predicted molar refractivity (Wildman–Crippen MR) is 119 cm³/mol. The van der Waals surface area contributed by atoms with Crippen LogP contribution in [-0.2, 0) is 30.4 Å². The van der Waals surface area contributed by atoms with Gasteiger partial charge in [0.15, 0.2) is 0 Å². The van der Waals surface area contributed by atoms with Crippen LogP contribution in [0, 0.1) is 0 Å². The number of carbonyl (C=O) groups excluding carboxylic acids is 2. The molecule has 0 saturated heterocycles. The van der Waals surface area contributed by atoms with E-state index in [0.29, 0.717) is 12.1 Å². The number of methoxy groups -OCH3 is 1. The van der Waals surface area contributed by atoms with Crippen LogP contribution in [0.2, 0.25) is 0 Å². The summed E-state index contributed by atoms with van der Waals surface area (Å²) >= 11 is 0. The molecule has 0 bridgehead atoms. The second-order valence-electron chi connectivity index (χ2n) is 7.92. The summed E-state index contributed by atoms with van der Waals surface area (Å²) in [5.74, 6) is -3.52. The van der Waals surface area contributed by atoms with Crippen LogP contribution in [-0.4, -0.2) is 60.7 Å². The SMILES string of the molecule is CC(C)NC(C)C.COC(=O)/C(OCc1ccccc1)=C(\O)C(=O)OC(C)(C)C.[LiH]. The van der Waals surface area contributed by atoms with Crippen LogP contribution in [0.1, 0.15) is 54.0 Å². The molecule has 2 N–H and O–H groups in total. The average molecular weight is 417 g/mol. The van der Waals surface area contributed by atoms with Crippen molar-refractivity contribution in [2.24, 2.45) is 0 Å². The molecule has 0 aromatic heterocycles. The van der Waals surface area contributed by atoms with Gasteiger partial charge in [-0.1, -0.05) is 58.0 Å². The van der Waals surface area contributed by atoms with Gasteiger partial charge in [0.2, 0.25) is 0 Å². The first-order valence-corrected chi connectivity index (χ1v) is 9.55. The van der Waals surface area contributed by atoms with E-state index in [2.05, 4.69) is 37.7 Å². The molecule has 0 unspecified atom stereocenters. The second-order valence-corrected chi connectivity index (χ2v) is 7.92. The molecule has 30 heavy (non-hydrogen) atoms. The Labute approximate surface area is 192 Å². The van der Waals surface area contributed by atoms with Crippen molar-refractivity contribution in [2.45, 2.75) is 72.8 Å². The molecule has 0 spiro atoms. The molecule has 0 aliphatic rings. The van der Waals surface area contributed by atoms with Gasteiger partial charge in [0.05, 0.1) is 7.11 Å². The summed E-state index contributed by atoms with van der Waals surface area (Å²) in [6.07, 6.45) is 0. The number of hydrogen-bond donors (Lipinski definition) is 2. The fourth-order valence-electron chi connectivity index (χ4n) is 2.13. The van der Waals surface area contributed by atoms with E-state index in [4.69, 9.17) is 9.47 Å². The van der Waals surface area contributed by atoms with E-state index in [9.17, 15) is 14.7 Å². The monoisotopic (exact) mass is 417 g/mol. The van der Waals surface area contributed by atoms with Gasteiger partial charge in [0.1, 0.15) is 12.2 Å². The van der Waals surface area contributed by atoms with Crippen LogP contribution in [0.5, 0.6) is 0 Å². The van der Waals surface area contributed by atoms with Gasteiger partial charge in [-0.15, -0.1) is 0 Å². The Hall–Kier alpha value is -1.94. The molecular weight excluding hydrogens is 381 g/mol. The summed E-state index contributed by atoms with van der Waals surface area (Å²) in [7, 11) is 1.12. The molecule has 0 aliphatic heterocycles. The molecule has 0 aliphatic carbocycles. The first kappa shape index (κ1) is 30.3. The zero-order valence-electron chi connectivity index (χ0n) is 18.7. The Bertz CT molecular complexity index is 660. The Morgan fingerprint density at radius 2 is 1.50 bits per heavy atom. The average Bonchev–Trinajstić information content (AvgIpc) is 2.60. The summed E-state index contributed by atoms with van der Waals surface area (Å²) in [6, 6.07) is 10.2. The molecule has 0 amide bonds. The number of nitrogens with one attached hydrogen (secondary N) is 1. The van der Waals surface area contributed by atoms with Gasteiger partial charge in [0, 0.05) is 12.1 Å². The Balaban J connectivity index is 0. The van der Waals surface area contributed by atoms with Crippen LogP contribution in [0.3, 0.4) is 0 Å². The molecule has 0 atom stereocenters. The quantitative estimate of drug-likeness (QED) is 0.304. The normalized spacial score (nSPS) is 11.5. The number of carbonyl (C=O) groups is 2. The molecular formula is C22H36LiNO6. The molecule has 7 nitrogen and oxygen atoms in total. The van der Waals surface area contributed by atoms with E-state index in [1.54, 1.807) is 45.0 Å². The maximum atomic E-state index is 11.8. The topological polar surface area (TPSA) is 94.1 Å². The predicted octanol–water partition coefficient (Wildman–Crippen LogP) is 3.23. The maximum absolute atomic E-state index is 11.8. The van der Waals surface area contributed by atoms with E-state index >= 15 is 0 Å². The first-order valence-electron chi connectivity index (χ1n) is 9.55. The number of aliphatic hydroxyl groups is 1. The van der Waals surface area contributed by atoms with E-state index < -0.39 is 29.1 Å². The van der Waals surface area contributed by atoms with Crippen molar-refractivity contribution in [2.75, 3.05) is 7.11 Å². The number of ether oxygens (including phenoxy) is 3. The van der Waals surface area contributed by atoms with Gasteiger partial charge in [-0.05, 0) is 26.3 Å². The van der Waals surface area contributed by atoms with E-state index in [1.807, 2.05) is 6.07 Å². The van der Waals surface area contributed by atoms with Crippen molar-refractivity contribution < 1.29 is 28.9 Å². The fraction of sp³-hybridized carbons (Fsp3) is 0.545. The van der Waals surface area contributed by atoms with Gasteiger partial charge < -0.3 is 24.6 Å². The minimum absolute atomic E-state index is 0. The molecule has 0 fully saturated rings. The number of benzene rings is 1. The van der Waals surface area contributed by atoms with Crippen LogP contribution in [0.25, 0.3) is 0 Å². The number of esters is 2. The van der Waals surface area contributed by atoms with Crippen LogP contribution < -0.4 is 5.32 Å². The van der Waals surface area contributed by atoms with Crippen molar-refractivity contribution in [3.8, 4) is 0 Å². The summed E-state index contributed by atoms with van der Waals surface area (Å²) in [6.45, 7) is 13.5. The van der Waals surface area contributed by atoms with Crippen molar-refractivity contribution in [1.82, 2.24) is 5.32 Å². The third-order valence-corrected chi connectivity index (χ3v) is 3.07. The van der Waals surface area contributed by atoms with Gasteiger partial charge >= 0.3 is 30.8 Å². The molecule has 0 radical (unpaired) electrons. The fourth-order valence-corrected chi connectivity index (χ4v) is 2.13. The van der Waals surface area contributed by atoms with E-state index in [-0.39, 0.29) is 25.5 Å². The van der Waals surface area contributed by atoms with Crippen molar-refractivity contribution in [3.05, 3.63) is 47.4 Å². The Morgan fingerprint density at radius 3 is 1.87 bits per heavy atom. The summed E-state index contributed by atoms with van der Waals surface area (Å²) < 4.78 is 14.7. The van der Waals surface area contributed by atoms with E-state index in [0.717, 1.165) is 12.7 Å². The van der Waals surface area contributed by atoms with Crippen LogP contribution in [0.15, 0.2) is 41.9 Å². The summed E-state index contributed by atoms with van der Waals surface area (Å²) in [4.78, 5) is 23.5. The molecule has 8 heteroatoms. The molecule has 0 heterocycles. The van der Waals surface area contributed by atoms with Gasteiger partial charge in [0.25, 0.3) is 11.5 Å². The summed E-state index contributed by atoms with van der Waals surface area (Å²) in [5.41, 5.74) is -0.0491. The van der Waals surface area contributed by atoms with Gasteiger partial charge in [-0.2, -0.15) is 0 Å². The van der Waals surface area contributed by atoms with Gasteiger partial charge in [-0.25, -0.2) is 9.59 Å². The third kappa shape index (κ3) is 14.1. The van der Waals surface area contributed by atoms with Gasteiger partial charge in [-0.3, -0.25) is 0 Å². The molecule has 1 rings (SSSR count). The molecule has 1 aromatic carbocycles.